The molecule has 1 atom stereocenters. The Bertz CT molecular complexity index is 482. The average Bonchev–Trinajstić information content (AvgIpc) is 2.40. The van der Waals surface area contributed by atoms with Crippen LogP contribution in [0.2, 0.25) is 0 Å². The second kappa shape index (κ2) is 5.25. The standard InChI is InChI=1S/C14H13NO2/c1-11(12-7-3-2-4-8-12)17-14(16)13-9-5-6-10-15-13/h2-11H,1H3. The maximum absolute atomic E-state index is 11.7. The van der Waals surface area contributed by atoms with Gasteiger partial charge in [0.25, 0.3) is 0 Å². The molecule has 0 fully saturated rings. The highest BCUT2D eigenvalue weighted by Crippen LogP contribution is 2.17. The van der Waals surface area contributed by atoms with E-state index in [0.717, 1.165) is 5.56 Å². The van der Waals surface area contributed by atoms with Crippen LogP contribution >= 0.6 is 0 Å². The molecule has 1 heterocycles. The number of carbonyl (C=O) groups is 1. The maximum Gasteiger partial charge on any atom is 0.357 e. The Kier molecular flexibility index (Phi) is 3.50. The molecule has 0 amide bonds. The molecule has 0 aliphatic carbocycles. The van der Waals surface area contributed by atoms with Crippen LogP contribution in [0.15, 0.2) is 54.7 Å². The summed E-state index contributed by atoms with van der Waals surface area (Å²) in [5.74, 6) is -0.401. The van der Waals surface area contributed by atoms with Crippen LogP contribution < -0.4 is 0 Å². The summed E-state index contributed by atoms with van der Waals surface area (Å²) in [5, 5.41) is 0. The second-order valence-corrected chi connectivity index (χ2v) is 3.67. The fourth-order valence-electron chi connectivity index (χ4n) is 1.50. The number of pyridine rings is 1. The molecule has 0 saturated heterocycles. The molecule has 1 unspecified atom stereocenters. The van der Waals surface area contributed by atoms with Crippen molar-refractivity contribution in [3.8, 4) is 0 Å². The van der Waals surface area contributed by atoms with Gasteiger partial charge in [-0.3, -0.25) is 0 Å². The fourth-order valence-corrected chi connectivity index (χ4v) is 1.50. The van der Waals surface area contributed by atoms with E-state index in [4.69, 9.17) is 4.74 Å². The van der Waals surface area contributed by atoms with E-state index in [-0.39, 0.29) is 6.10 Å². The predicted octanol–water partition coefficient (Wildman–Crippen LogP) is 3.00. The van der Waals surface area contributed by atoms with E-state index >= 15 is 0 Å². The number of aromatic nitrogens is 1. The van der Waals surface area contributed by atoms with Crippen LogP contribution in [-0.2, 0) is 4.74 Å². The zero-order valence-corrected chi connectivity index (χ0v) is 9.54. The van der Waals surface area contributed by atoms with Crippen LogP contribution in [0.25, 0.3) is 0 Å². The van der Waals surface area contributed by atoms with Crippen molar-refractivity contribution < 1.29 is 9.53 Å². The van der Waals surface area contributed by atoms with Crippen molar-refractivity contribution in [2.75, 3.05) is 0 Å². The highest BCUT2D eigenvalue weighted by molar-refractivity contribution is 5.87. The Morgan fingerprint density at radius 2 is 1.82 bits per heavy atom. The second-order valence-electron chi connectivity index (χ2n) is 3.67. The van der Waals surface area contributed by atoms with Gasteiger partial charge in [-0.05, 0) is 24.6 Å². The summed E-state index contributed by atoms with van der Waals surface area (Å²) < 4.78 is 5.32. The molecule has 17 heavy (non-hydrogen) atoms. The van der Waals surface area contributed by atoms with Gasteiger partial charge in [0.2, 0.25) is 0 Å². The summed E-state index contributed by atoms with van der Waals surface area (Å²) in [7, 11) is 0. The number of rotatable bonds is 3. The van der Waals surface area contributed by atoms with Crippen LogP contribution in [0.3, 0.4) is 0 Å². The largest absolute Gasteiger partial charge is 0.453 e. The monoisotopic (exact) mass is 227 g/mol. The number of hydrogen-bond acceptors (Lipinski definition) is 3. The van der Waals surface area contributed by atoms with E-state index in [1.54, 1.807) is 24.4 Å². The minimum atomic E-state index is -0.401. The van der Waals surface area contributed by atoms with Gasteiger partial charge in [0.15, 0.2) is 0 Å². The van der Waals surface area contributed by atoms with Crippen molar-refractivity contribution in [1.82, 2.24) is 4.98 Å². The zero-order valence-electron chi connectivity index (χ0n) is 9.54. The molecular weight excluding hydrogens is 214 g/mol. The van der Waals surface area contributed by atoms with Gasteiger partial charge in [0.1, 0.15) is 11.8 Å². The van der Waals surface area contributed by atoms with Gasteiger partial charge in [-0.1, -0.05) is 36.4 Å². The van der Waals surface area contributed by atoms with Crippen LogP contribution in [0.4, 0.5) is 0 Å². The van der Waals surface area contributed by atoms with Crippen molar-refractivity contribution in [2.45, 2.75) is 13.0 Å². The van der Waals surface area contributed by atoms with Gasteiger partial charge < -0.3 is 4.74 Å². The van der Waals surface area contributed by atoms with Crippen molar-refractivity contribution in [3.63, 3.8) is 0 Å². The van der Waals surface area contributed by atoms with E-state index in [2.05, 4.69) is 4.98 Å². The third-order valence-corrected chi connectivity index (χ3v) is 2.43. The number of carbonyl (C=O) groups excluding carboxylic acids is 1. The maximum atomic E-state index is 11.7. The smallest absolute Gasteiger partial charge is 0.357 e. The summed E-state index contributed by atoms with van der Waals surface area (Å²) in [6.07, 6.45) is 1.30. The third kappa shape index (κ3) is 2.91. The molecule has 0 spiro atoms. The van der Waals surface area contributed by atoms with Gasteiger partial charge >= 0.3 is 5.97 Å². The third-order valence-electron chi connectivity index (χ3n) is 2.43. The van der Waals surface area contributed by atoms with Crippen LogP contribution in [0.5, 0.6) is 0 Å². The predicted molar refractivity (Wildman–Crippen MR) is 64.5 cm³/mol. The minimum absolute atomic E-state index is 0.272. The van der Waals surface area contributed by atoms with Gasteiger partial charge in [-0.25, -0.2) is 9.78 Å². The summed E-state index contributed by atoms with van der Waals surface area (Å²) in [5.41, 5.74) is 1.30. The Labute approximate surface area is 100 Å². The van der Waals surface area contributed by atoms with E-state index in [9.17, 15) is 4.79 Å². The Morgan fingerprint density at radius 3 is 2.47 bits per heavy atom. The summed E-state index contributed by atoms with van der Waals surface area (Å²) in [6, 6.07) is 14.8. The Hall–Kier alpha value is -2.16. The number of ether oxygens (including phenoxy) is 1. The molecule has 0 bridgehead atoms. The summed E-state index contributed by atoms with van der Waals surface area (Å²) in [4.78, 5) is 15.7. The lowest BCUT2D eigenvalue weighted by Crippen LogP contribution is -2.10. The fraction of sp³-hybridized carbons (Fsp3) is 0.143. The Morgan fingerprint density at radius 1 is 1.12 bits per heavy atom. The molecule has 0 radical (unpaired) electrons. The molecule has 0 aliphatic heterocycles. The molecule has 3 nitrogen and oxygen atoms in total. The first kappa shape index (κ1) is 11.3. The molecule has 2 rings (SSSR count). The van der Waals surface area contributed by atoms with Crippen LogP contribution in [-0.4, -0.2) is 11.0 Å². The number of hydrogen-bond donors (Lipinski definition) is 0. The molecule has 2 aromatic rings. The van der Waals surface area contributed by atoms with E-state index in [1.165, 1.54) is 0 Å². The van der Waals surface area contributed by atoms with E-state index in [1.807, 2.05) is 37.3 Å². The van der Waals surface area contributed by atoms with E-state index < -0.39 is 5.97 Å². The number of benzene rings is 1. The quantitative estimate of drug-likeness (QED) is 0.757. The summed E-state index contributed by atoms with van der Waals surface area (Å²) >= 11 is 0. The van der Waals surface area contributed by atoms with Gasteiger partial charge in [0, 0.05) is 6.20 Å². The van der Waals surface area contributed by atoms with Gasteiger partial charge in [0.05, 0.1) is 0 Å². The molecular formula is C14H13NO2. The van der Waals surface area contributed by atoms with Crippen molar-refractivity contribution in [3.05, 3.63) is 66.0 Å². The van der Waals surface area contributed by atoms with Crippen LogP contribution in [0, 0.1) is 0 Å². The lowest BCUT2D eigenvalue weighted by Gasteiger charge is -2.12. The minimum Gasteiger partial charge on any atom is -0.453 e. The molecule has 0 aliphatic rings. The Balaban J connectivity index is 2.05. The molecule has 86 valence electrons. The summed E-state index contributed by atoms with van der Waals surface area (Å²) in [6.45, 7) is 1.84. The molecule has 1 aromatic carbocycles. The normalized spacial score (nSPS) is 11.8. The SMILES string of the molecule is CC(OC(=O)c1ccccn1)c1ccccc1. The molecule has 0 N–H and O–H groups in total. The first-order valence-corrected chi connectivity index (χ1v) is 5.44. The lowest BCUT2D eigenvalue weighted by molar-refractivity contribution is 0.0331. The first-order valence-electron chi connectivity index (χ1n) is 5.44. The zero-order chi connectivity index (χ0) is 12.1. The lowest BCUT2D eigenvalue weighted by atomic mass is 10.1. The first-order chi connectivity index (χ1) is 8.27. The van der Waals surface area contributed by atoms with Gasteiger partial charge in [-0.2, -0.15) is 0 Å². The molecule has 0 saturated carbocycles. The average molecular weight is 227 g/mol. The van der Waals surface area contributed by atoms with Crippen molar-refractivity contribution >= 4 is 5.97 Å². The van der Waals surface area contributed by atoms with Crippen LogP contribution in [0.1, 0.15) is 29.1 Å². The van der Waals surface area contributed by atoms with Gasteiger partial charge in [-0.15, -0.1) is 0 Å². The highest BCUT2D eigenvalue weighted by Gasteiger charge is 2.13. The topological polar surface area (TPSA) is 39.2 Å². The molecule has 1 aromatic heterocycles. The van der Waals surface area contributed by atoms with Crippen molar-refractivity contribution in [1.29, 1.82) is 0 Å². The van der Waals surface area contributed by atoms with Crippen molar-refractivity contribution in [2.24, 2.45) is 0 Å². The van der Waals surface area contributed by atoms with E-state index in [0.29, 0.717) is 5.69 Å². The molecule has 3 heteroatoms. The highest BCUT2D eigenvalue weighted by atomic mass is 16.5. The number of esters is 1. The number of nitrogens with zero attached hydrogens (tertiary/aromatic N) is 1.